The number of nitrogens with zero attached hydrogens (tertiary/aromatic N) is 2. The second-order valence-corrected chi connectivity index (χ2v) is 5.41. The number of thiophene rings is 1. The van der Waals surface area contributed by atoms with Gasteiger partial charge in [0.2, 0.25) is 0 Å². The Balaban J connectivity index is 2.24. The van der Waals surface area contributed by atoms with Crippen molar-refractivity contribution in [2.75, 3.05) is 12.4 Å². The van der Waals surface area contributed by atoms with E-state index in [0.29, 0.717) is 0 Å². The first-order valence-electron chi connectivity index (χ1n) is 6.20. The van der Waals surface area contributed by atoms with Gasteiger partial charge < -0.3 is 5.32 Å². The molecular weight excluding hydrogens is 254 g/mol. The normalized spacial score (nSPS) is 10.9. The number of aromatic nitrogens is 2. The first kappa shape index (κ1) is 12.1. The van der Waals surface area contributed by atoms with Gasteiger partial charge in [-0.1, -0.05) is 18.2 Å². The lowest BCUT2D eigenvalue weighted by Gasteiger charge is -2.09. The van der Waals surface area contributed by atoms with Gasteiger partial charge in [0, 0.05) is 39.3 Å². The van der Waals surface area contributed by atoms with Crippen molar-refractivity contribution in [3.05, 3.63) is 40.9 Å². The third-order valence-corrected chi connectivity index (χ3v) is 4.31. The predicted octanol–water partition coefficient (Wildman–Crippen LogP) is 4.02. The number of aryl methyl sites for hydroxylation is 1. The van der Waals surface area contributed by atoms with Crippen LogP contribution in [-0.4, -0.2) is 17.0 Å². The second-order valence-electron chi connectivity index (χ2n) is 4.50. The minimum atomic E-state index is 0.796. The maximum atomic E-state index is 4.63. The third-order valence-electron chi connectivity index (χ3n) is 3.35. The van der Waals surface area contributed by atoms with Gasteiger partial charge in [0.1, 0.15) is 5.82 Å². The van der Waals surface area contributed by atoms with E-state index in [2.05, 4.69) is 44.9 Å². The molecule has 0 unspecified atom stereocenters. The van der Waals surface area contributed by atoms with Crippen LogP contribution in [0.1, 0.15) is 11.3 Å². The van der Waals surface area contributed by atoms with E-state index in [1.54, 1.807) is 11.3 Å². The summed E-state index contributed by atoms with van der Waals surface area (Å²) in [6.07, 6.45) is 0. The van der Waals surface area contributed by atoms with Gasteiger partial charge in [-0.05, 0) is 19.9 Å². The number of fused-ring (bicyclic) bond motifs is 1. The molecule has 0 amide bonds. The minimum absolute atomic E-state index is 0.796. The van der Waals surface area contributed by atoms with Gasteiger partial charge in [-0.2, -0.15) is 0 Å². The topological polar surface area (TPSA) is 37.8 Å². The van der Waals surface area contributed by atoms with E-state index in [1.165, 1.54) is 10.1 Å². The highest BCUT2D eigenvalue weighted by molar-refractivity contribution is 7.17. The molecule has 2 aromatic heterocycles. The van der Waals surface area contributed by atoms with Crippen LogP contribution in [0, 0.1) is 13.8 Å². The summed E-state index contributed by atoms with van der Waals surface area (Å²) in [7, 11) is 1.89. The molecule has 0 aliphatic rings. The zero-order valence-electron chi connectivity index (χ0n) is 11.2. The lowest BCUT2D eigenvalue weighted by atomic mass is 10.1. The summed E-state index contributed by atoms with van der Waals surface area (Å²) < 4.78 is 1.27. The van der Waals surface area contributed by atoms with Gasteiger partial charge in [0.15, 0.2) is 5.82 Å². The molecule has 0 spiro atoms. The van der Waals surface area contributed by atoms with Gasteiger partial charge in [-0.15, -0.1) is 11.3 Å². The Labute approximate surface area is 116 Å². The predicted molar refractivity (Wildman–Crippen MR) is 81.9 cm³/mol. The van der Waals surface area contributed by atoms with Crippen LogP contribution in [-0.2, 0) is 0 Å². The number of anilines is 1. The molecule has 3 aromatic rings. The second kappa shape index (κ2) is 4.63. The van der Waals surface area contributed by atoms with E-state index in [9.17, 15) is 0 Å². The molecule has 0 fully saturated rings. The van der Waals surface area contributed by atoms with Crippen molar-refractivity contribution in [3.8, 4) is 11.4 Å². The molecule has 0 aliphatic carbocycles. The number of hydrogen-bond donors (Lipinski definition) is 1. The summed E-state index contributed by atoms with van der Waals surface area (Å²) in [6, 6.07) is 8.36. The average Bonchev–Trinajstić information content (AvgIpc) is 2.85. The van der Waals surface area contributed by atoms with Crippen LogP contribution in [0.4, 0.5) is 5.82 Å². The summed E-state index contributed by atoms with van der Waals surface area (Å²) in [6.45, 7) is 4.06. The zero-order valence-corrected chi connectivity index (χ0v) is 12.0. The van der Waals surface area contributed by atoms with Crippen LogP contribution < -0.4 is 5.32 Å². The fourth-order valence-electron chi connectivity index (χ4n) is 2.14. The van der Waals surface area contributed by atoms with Gasteiger partial charge >= 0.3 is 0 Å². The molecule has 0 aliphatic heterocycles. The SMILES string of the molecule is CNc1nc(-c2csc3ccccc23)nc(C)c1C. The van der Waals surface area contributed by atoms with Gasteiger partial charge in [0.25, 0.3) is 0 Å². The van der Waals surface area contributed by atoms with Crippen molar-refractivity contribution in [2.24, 2.45) is 0 Å². The highest BCUT2D eigenvalue weighted by Gasteiger charge is 2.12. The Morgan fingerprint density at radius 3 is 2.68 bits per heavy atom. The standard InChI is InChI=1S/C15H15N3S/c1-9-10(2)17-15(18-14(9)16-3)12-8-19-13-7-5-4-6-11(12)13/h4-8H,1-3H3,(H,16,17,18). The largest absolute Gasteiger partial charge is 0.373 e. The highest BCUT2D eigenvalue weighted by Crippen LogP contribution is 2.33. The number of nitrogens with one attached hydrogen (secondary N) is 1. The molecule has 1 aromatic carbocycles. The van der Waals surface area contributed by atoms with Crippen LogP contribution in [0.3, 0.4) is 0 Å². The fraction of sp³-hybridized carbons (Fsp3) is 0.200. The van der Waals surface area contributed by atoms with Crippen molar-refractivity contribution in [2.45, 2.75) is 13.8 Å². The van der Waals surface area contributed by atoms with Crippen LogP contribution in [0.25, 0.3) is 21.5 Å². The number of benzene rings is 1. The Bertz CT molecular complexity index is 746. The monoisotopic (exact) mass is 269 g/mol. The van der Waals surface area contributed by atoms with Crippen LogP contribution >= 0.6 is 11.3 Å². The Morgan fingerprint density at radius 2 is 1.89 bits per heavy atom. The van der Waals surface area contributed by atoms with Gasteiger partial charge in [0.05, 0.1) is 0 Å². The summed E-state index contributed by atoms with van der Waals surface area (Å²) in [5.74, 6) is 1.70. The Kier molecular flexibility index (Phi) is 2.95. The molecule has 0 bridgehead atoms. The lowest BCUT2D eigenvalue weighted by molar-refractivity contribution is 1.07. The van der Waals surface area contributed by atoms with Gasteiger partial charge in [-0.25, -0.2) is 9.97 Å². The van der Waals surface area contributed by atoms with Crippen molar-refractivity contribution in [1.82, 2.24) is 9.97 Å². The molecule has 0 saturated carbocycles. The Morgan fingerprint density at radius 1 is 1.11 bits per heavy atom. The quantitative estimate of drug-likeness (QED) is 0.763. The fourth-order valence-corrected chi connectivity index (χ4v) is 3.08. The van der Waals surface area contributed by atoms with E-state index in [0.717, 1.165) is 28.5 Å². The summed E-state index contributed by atoms with van der Waals surface area (Å²) in [5, 5.41) is 6.49. The minimum Gasteiger partial charge on any atom is -0.373 e. The number of rotatable bonds is 2. The van der Waals surface area contributed by atoms with E-state index in [4.69, 9.17) is 0 Å². The molecule has 19 heavy (non-hydrogen) atoms. The van der Waals surface area contributed by atoms with Crippen LogP contribution in [0.15, 0.2) is 29.6 Å². The molecule has 1 N–H and O–H groups in total. The maximum absolute atomic E-state index is 4.63. The molecule has 0 atom stereocenters. The first-order valence-corrected chi connectivity index (χ1v) is 7.08. The molecule has 0 radical (unpaired) electrons. The van der Waals surface area contributed by atoms with Gasteiger partial charge in [-0.3, -0.25) is 0 Å². The van der Waals surface area contributed by atoms with E-state index in [-0.39, 0.29) is 0 Å². The first-order chi connectivity index (χ1) is 9.20. The summed E-state index contributed by atoms with van der Waals surface area (Å²) in [5.41, 5.74) is 3.23. The molecule has 3 rings (SSSR count). The average molecular weight is 269 g/mol. The Hall–Kier alpha value is -1.94. The smallest absolute Gasteiger partial charge is 0.163 e. The molecule has 4 heteroatoms. The van der Waals surface area contributed by atoms with Crippen molar-refractivity contribution < 1.29 is 0 Å². The van der Waals surface area contributed by atoms with Crippen molar-refractivity contribution in [1.29, 1.82) is 0 Å². The summed E-state index contributed by atoms with van der Waals surface area (Å²) >= 11 is 1.73. The number of hydrogen-bond acceptors (Lipinski definition) is 4. The molecule has 96 valence electrons. The molecule has 2 heterocycles. The van der Waals surface area contributed by atoms with E-state index < -0.39 is 0 Å². The van der Waals surface area contributed by atoms with Crippen LogP contribution in [0.5, 0.6) is 0 Å². The van der Waals surface area contributed by atoms with E-state index in [1.807, 2.05) is 20.9 Å². The zero-order chi connectivity index (χ0) is 13.4. The lowest BCUT2D eigenvalue weighted by Crippen LogP contribution is -2.02. The highest BCUT2D eigenvalue weighted by atomic mass is 32.1. The summed E-state index contributed by atoms with van der Waals surface area (Å²) in [4.78, 5) is 9.26. The molecule has 0 saturated heterocycles. The molecular formula is C15H15N3S. The van der Waals surface area contributed by atoms with Crippen LogP contribution in [0.2, 0.25) is 0 Å². The third kappa shape index (κ3) is 1.98. The molecule has 3 nitrogen and oxygen atoms in total. The van der Waals surface area contributed by atoms with Crippen molar-refractivity contribution >= 4 is 27.2 Å². The maximum Gasteiger partial charge on any atom is 0.163 e. The van der Waals surface area contributed by atoms with E-state index >= 15 is 0 Å². The van der Waals surface area contributed by atoms with Crippen molar-refractivity contribution in [3.63, 3.8) is 0 Å².